The second-order valence-electron chi connectivity index (χ2n) is 3.88. The van der Waals surface area contributed by atoms with Gasteiger partial charge in [0.25, 0.3) is 0 Å². The van der Waals surface area contributed by atoms with Crippen molar-refractivity contribution in [3.63, 3.8) is 0 Å². The SMILES string of the molecule is C#C[C@@H]1CC[C@@H]2CN(C(=O)O)CCN21. The number of hydrogen-bond acceptors (Lipinski definition) is 2. The topological polar surface area (TPSA) is 43.8 Å². The summed E-state index contributed by atoms with van der Waals surface area (Å²) in [4.78, 5) is 14.5. The highest BCUT2D eigenvalue weighted by Crippen LogP contribution is 2.26. The molecule has 0 aromatic rings. The van der Waals surface area contributed by atoms with Crippen LogP contribution in [0.4, 0.5) is 4.79 Å². The molecule has 2 aliphatic rings. The number of piperazine rings is 1. The van der Waals surface area contributed by atoms with Crippen molar-refractivity contribution in [2.75, 3.05) is 19.6 Å². The molecule has 2 saturated heterocycles. The van der Waals surface area contributed by atoms with Crippen molar-refractivity contribution >= 4 is 6.09 Å². The fraction of sp³-hybridized carbons (Fsp3) is 0.700. The molecule has 4 nitrogen and oxygen atoms in total. The summed E-state index contributed by atoms with van der Waals surface area (Å²) in [6.45, 7) is 1.99. The minimum Gasteiger partial charge on any atom is -0.465 e. The number of rotatable bonds is 0. The van der Waals surface area contributed by atoms with Crippen molar-refractivity contribution in [3.05, 3.63) is 0 Å². The average Bonchev–Trinajstić information content (AvgIpc) is 2.59. The molecule has 2 fully saturated rings. The van der Waals surface area contributed by atoms with Crippen LogP contribution >= 0.6 is 0 Å². The quantitative estimate of drug-likeness (QED) is 0.569. The zero-order chi connectivity index (χ0) is 10.1. The Balaban J connectivity index is 2.02. The first-order valence-electron chi connectivity index (χ1n) is 4.92. The molecule has 76 valence electrons. The van der Waals surface area contributed by atoms with Crippen molar-refractivity contribution in [3.8, 4) is 12.3 Å². The normalized spacial score (nSPS) is 32.4. The Hall–Kier alpha value is -1.21. The van der Waals surface area contributed by atoms with E-state index in [9.17, 15) is 4.79 Å². The summed E-state index contributed by atoms with van der Waals surface area (Å²) in [5, 5.41) is 8.85. The van der Waals surface area contributed by atoms with Crippen LogP contribution in [0.15, 0.2) is 0 Å². The van der Waals surface area contributed by atoms with Crippen molar-refractivity contribution in [2.45, 2.75) is 24.9 Å². The maximum absolute atomic E-state index is 10.8. The Kier molecular flexibility index (Phi) is 2.34. The van der Waals surface area contributed by atoms with Gasteiger partial charge in [0.1, 0.15) is 0 Å². The summed E-state index contributed by atoms with van der Waals surface area (Å²) in [6, 6.07) is 0.580. The van der Waals surface area contributed by atoms with Gasteiger partial charge in [-0.05, 0) is 12.8 Å². The van der Waals surface area contributed by atoms with E-state index in [1.54, 1.807) is 0 Å². The first kappa shape index (κ1) is 9.35. The third kappa shape index (κ3) is 1.44. The van der Waals surface area contributed by atoms with E-state index in [0.29, 0.717) is 19.1 Å². The van der Waals surface area contributed by atoms with Gasteiger partial charge in [0.2, 0.25) is 0 Å². The summed E-state index contributed by atoms with van der Waals surface area (Å²) >= 11 is 0. The molecule has 0 unspecified atom stereocenters. The van der Waals surface area contributed by atoms with E-state index in [-0.39, 0.29) is 6.04 Å². The van der Waals surface area contributed by atoms with Gasteiger partial charge in [0.15, 0.2) is 0 Å². The Labute approximate surface area is 83.5 Å². The molecule has 0 aromatic heterocycles. The molecule has 2 aliphatic heterocycles. The molecule has 2 rings (SSSR count). The highest BCUT2D eigenvalue weighted by atomic mass is 16.4. The van der Waals surface area contributed by atoms with Gasteiger partial charge in [-0.1, -0.05) is 5.92 Å². The Bertz CT molecular complexity index is 284. The van der Waals surface area contributed by atoms with Crippen LogP contribution in [-0.2, 0) is 0 Å². The van der Waals surface area contributed by atoms with Crippen LogP contribution in [0.3, 0.4) is 0 Å². The van der Waals surface area contributed by atoms with E-state index in [1.165, 1.54) is 4.90 Å². The molecule has 14 heavy (non-hydrogen) atoms. The van der Waals surface area contributed by atoms with Crippen LogP contribution in [0.5, 0.6) is 0 Å². The summed E-state index contributed by atoms with van der Waals surface area (Å²) < 4.78 is 0. The Morgan fingerprint density at radius 1 is 1.43 bits per heavy atom. The molecule has 1 amide bonds. The molecule has 2 atom stereocenters. The molecular weight excluding hydrogens is 180 g/mol. The number of amides is 1. The second kappa shape index (κ2) is 3.50. The molecule has 2 heterocycles. The van der Waals surface area contributed by atoms with Crippen LogP contribution < -0.4 is 0 Å². The van der Waals surface area contributed by atoms with Crippen molar-refractivity contribution in [1.82, 2.24) is 9.80 Å². The van der Waals surface area contributed by atoms with E-state index in [4.69, 9.17) is 11.5 Å². The van der Waals surface area contributed by atoms with Gasteiger partial charge >= 0.3 is 6.09 Å². The third-order valence-corrected chi connectivity index (χ3v) is 3.16. The van der Waals surface area contributed by atoms with Gasteiger partial charge in [0, 0.05) is 25.7 Å². The zero-order valence-corrected chi connectivity index (χ0v) is 8.02. The summed E-state index contributed by atoms with van der Waals surface area (Å²) in [6.07, 6.45) is 6.64. The van der Waals surface area contributed by atoms with E-state index in [1.807, 2.05) is 0 Å². The number of fused-ring (bicyclic) bond motifs is 1. The first-order valence-corrected chi connectivity index (χ1v) is 4.92. The van der Waals surface area contributed by atoms with E-state index in [0.717, 1.165) is 19.4 Å². The molecule has 0 aliphatic carbocycles. The molecular formula is C10H14N2O2. The molecule has 0 spiro atoms. The van der Waals surface area contributed by atoms with E-state index in [2.05, 4.69) is 10.8 Å². The molecule has 0 saturated carbocycles. The van der Waals surface area contributed by atoms with Gasteiger partial charge < -0.3 is 10.0 Å². The fourth-order valence-corrected chi connectivity index (χ4v) is 2.41. The van der Waals surface area contributed by atoms with Gasteiger partial charge in [-0.2, -0.15) is 0 Å². The number of carboxylic acid groups (broad SMARTS) is 1. The first-order chi connectivity index (χ1) is 6.72. The van der Waals surface area contributed by atoms with Crippen LogP contribution in [0.25, 0.3) is 0 Å². The monoisotopic (exact) mass is 194 g/mol. The van der Waals surface area contributed by atoms with Crippen LogP contribution in [0, 0.1) is 12.3 Å². The number of terminal acetylenes is 1. The molecule has 0 aromatic carbocycles. The predicted molar refractivity (Wildman–Crippen MR) is 51.9 cm³/mol. The molecule has 4 heteroatoms. The van der Waals surface area contributed by atoms with Crippen molar-refractivity contribution in [1.29, 1.82) is 0 Å². The Morgan fingerprint density at radius 3 is 2.86 bits per heavy atom. The second-order valence-corrected chi connectivity index (χ2v) is 3.88. The third-order valence-electron chi connectivity index (χ3n) is 3.16. The van der Waals surface area contributed by atoms with Crippen molar-refractivity contribution in [2.24, 2.45) is 0 Å². The van der Waals surface area contributed by atoms with Gasteiger partial charge in [-0.25, -0.2) is 4.79 Å². The lowest BCUT2D eigenvalue weighted by molar-refractivity contribution is 0.0808. The highest BCUT2D eigenvalue weighted by molar-refractivity contribution is 5.65. The minimum atomic E-state index is -0.811. The molecule has 0 radical (unpaired) electrons. The lowest BCUT2D eigenvalue weighted by Crippen LogP contribution is -2.53. The van der Waals surface area contributed by atoms with E-state index >= 15 is 0 Å². The van der Waals surface area contributed by atoms with Gasteiger partial charge in [-0.15, -0.1) is 6.42 Å². The molecule has 0 bridgehead atoms. The average molecular weight is 194 g/mol. The highest BCUT2D eigenvalue weighted by Gasteiger charge is 2.37. The van der Waals surface area contributed by atoms with Crippen LogP contribution in [-0.4, -0.2) is 52.7 Å². The zero-order valence-electron chi connectivity index (χ0n) is 8.02. The minimum absolute atomic E-state index is 0.232. The van der Waals surface area contributed by atoms with Gasteiger partial charge in [0.05, 0.1) is 6.04 Å². The number of carbonyl (C=O) groups is 1. The van der Waals surface area contributed by atoms with Gasteiger partial charge in [-0.3, -0.25) is 4.90 Å². The van der Waals surface area contributed by atoms with Crippen molar-refractivity contribution < 1.29 is 9.90 Å². The Morgan fingerprint density at radius 2 is 2.21 bits per heavy atom. The lowest BCUT2D eigenvalue weighted by atomic mass is 10.2. The predicted octanol–water partition coefficient (Wildman–Crippen LogP) is 0.446. The van der Waals surface area contributed by atoms with E-state index < -0.39 is 6.09 Å². The summed E-state index contributed by atoms with van der Waals surface area (Å²) in [5.74, 6) is 2.77. The maximum Gasteiger partial charge on any atom is 0.407 e. The maximum atomic E-state index is 10.8. The smallest absolute Gasteiger partial charge is 0.407 e. The standard InChI is InChI=1S/C10H14N2O2/c1-2-8-3-4-9-7-11(10(13)14)5-6-12(8)9/h1,8-9H,3-7H2,(H,13,14)/t8-,9-/m1/s1. The molecule has 1 N–H and O–H groups in total. The van der Waals surface area contributed by atoms with Crippen LogP contribution in [0.2, 0.25) is 0 Å². The fourth-order valence-electron chi connectivity index (χ4n) is 2.41. The summed E-state index contributed by atoms with van der Waals surface area (Å²) in [5.41, 5.74) is 0. The summed E-state index contributed by atoms with van der Waals surface area (Å²) in [7, 11) is 0. The lowest BCUT2D eigenvalue weighted by Gasteiger charge is -2.37. The number of nitrogens with zero attached hydrogens (tertiary/aromatic N) is 2. The largest absolute Gasteiger partial charge is 0.465 e. The number of hydrogen-bond donors (Lipinski definition) is 1. The van der Waals surface area contributed by atoms with Crippen LogP contribution in [0.1, 0.15) is 12.8 Å².